The molecule has 1 heterocycles. The molecule has 2 rings (SSSR count). The van der Waals surface area contributed by atoms with Crippen molar-refractivity contribution in [1.29, 1.82) is 0 Å². The van der Waals surface area contributed by atoms with Gasteiger partial charge in [-0.3, -0.25) is 9.36 Å². The van der Waals surface area contributed by atoms with Crippen molar-refractivity contribution >= 4 is 22.5 Å². The molecule has 0 radical (unpaired) electrons. The average molecular weight is 295 g/mol. The third-order valence-electron chi connectivity index (χ3n) is 3.16. The molecule has 0 unspecified atom stereocenters. The van der Waals surface area contributed by atoms with E-state index in [-0.39, 0.29) is 11.4 Å². The van der Waals surface area contributed by atoms with Crippen LogP contribution < -0.4 is 5.56 Å². The van der Waals surface area contributed by atoms with Gasteiger partial charge < -0.3 is 4.74 Å². The number of ether oxygens (including phenoxy) is 1. The SMILES string of the molecule is CCCCOCCn1c(CCl)nc2ccccc2c1=O. The first-order valence-corrected chi connectivity index (χ1v) is 7.43. The smallest absolute Gasteiger partial charge is 0.261 e. The largest absolute Gasteiger partial charge is 0.380 e. The first kappa shape index (κ1) is 15.0. The van der Waals surface area contributed by atoms with Crippen molar-refractivity contribution in [2.45, 2.75) is 32.2 Å². The van der Waals surface area contributed by atoms with Crippen LogP contribution in [0.1, 0.15) is 25.6 Å². The fraction of sp³-hybridized carbons (Fsp3) is 0.467. The summed E-state index contributed by atoms with van der Waals surface area (Å²) in [4.78, 5) is 16.9. The van der Waals surface area contributed by atoms with Crippen LogP contribution in [0.3, 0.4) is 0 Å². The molecule has 0 N–H and O–H groups in total. The van der Waals surface area contributed by atoms with Crippen LogP contribution >= 0.6 is 11.6 Å². The number of hydrogen-bond acceptors (Lipinski definition) is 3. The molecular formula is C15H19ClN2O2. The second-order valence-electron chi connectivity index (χ2n) is 4.60. The van der Waals surface area contributed by atoms with E-state index in [0.717, 1.165) is 19.4 Å². The number of unbranched alkanes of at least 4 members (excludes halogenated alkanes) is 1. The van der Waals surface area contributed by atoms with Crippen LogP contribution in [-0.2, 0) is 17.2 Å². The molecule has 0 atom stereocenters. The van der Waals surface area contributed by atoms with Crippen LogP contribution in [0.5, 0.6) is 0 Å². The minimum atomic E-state index is -0.0506. The fourth-order valence-electron chi connectivity index (χ4n) is 2.05. The summed E-state index contributed by atoms with van der Waals surface area (Å²) in [6.07, 6.45) is 2.14. The molecule has 0 aliphatic rings. The molecule has 0 saturated carbocycles. The maximum absolute atomic E-state index is 12.4. The number of fused-ring (bicyclic) bond motifs is 1. The Morgan fingerprint density at radius 3 is 2.85 bits per heavy atom. The predicted octanol–water partition coefficient (Wildman–Crippen LogP) is 2.95. The first-order valence-electron chi connectivity index (χ1n) is 6.90. The van der Waals surface area contributed by atoms with Crippen LogP contribution in [0, 0.1) is 0 Å². The standard InChI is InChI=1S/C15H19ClN2O2/c1-2-3-9-20-10-8-18-14(11-16)17-13-7-5-4-6-12(13)15(18)19/h4-7H,2-3,8-11H2,1H3. The van der Waals surface area contributed by atoms with Crippen LogP contribution in [0.15, 0.2) is 29.1 Å². The fourth-order valence-corrected chi connectivity index (χ4v) is 2.25. The van der Waals surface area contributed by atoms with E-state index in [0.29, 0.717) is 29.9 Å². The molecule has 4 nitrogen and oxygen atoms in total. The Bertz CT molecular complexity index is 625. The number of aromatic nitrogens is 2. The Balaban J connectivity index is 2.22. The van der Waals surface area contributed by atoms with E-state index >= 15 is 0 Å². The molecule has 0 bridgehead atoms. The second kappa shape index (κ2) is 7.41. The lowest BCUT2D eigenvalue weighted by Crippen LogP contribution is -2.27. The molecule has 5 heteroatoms. The number of hydrogen-bond donors (Lipinski definition) is 0. The van der Waals surface area contributed by atoms with Crippen molar-refractivity contribution in [2.75, 3.05) is 13.2 Å². The van der Waals surface area contributed by atoms with Crippen LogP contribution in [-0.4, -0.2) is 22.8 Å². The van der Waals surface area contributed by atoms with Crippen molar-refractivity contribution in [1.82, 2.24) is 9.55 Å². The normalized spacial score (nSPS) is 11.1. The Morgan fingerprint density at radius 2 is 2.10 bits per heavy atom. The monoisotopic (exact) mass is 294 g/mol. The highest BCUT2D eigenvalue weighted by Gasteiger charge is 2.09. The van der Waals surface area contributed by atoms with Crippen LogP contribution in [0.25, 0.3) is 10.9 Å². The third-order valence-corrected chi connectivity index (χ3v) is 3.40. The summed E-state index contributed by atoms with van der Waals surface area (Å²) in [5.41, 5.74) is 0.640. The molecule has 0 aliphatic heterocycles. The van der Waals surface area contributed by atoms with Gasteiger partial charge in [-0.05, 0) is 18.6 Å². The van der Waals surface area contributed by atoms with Crippen LogP contribution in [0.4, 0.5) is 0 Å². The predicted molar refractivity (Wildman–Crippen MR) is 81.3 cm³/mol. The quantitative estimate of drug-likeness (QED) is 0.582. The number of nitrogens with zero attached hydrogens (tertiary/aromatic N) is 2. The summed E-state index contributed by atoms with van der Waals surface area (Å²) in [6, 6.07) is 7.32. The molecule has 0 amide bonds. The maximum Gasteiger partial charge on any atom is 0.261 e. The van der Waals surface area contributed by atoms with E-state index in [1.807, 2.05) is 18.2 Å². The summed E-state index contributed by atoms with van der Waals surface area (Å²) in [5.74, 6) is 0.809. The molecule has 1 aromatic carbocycles. The summed E-state index contributed by atoms with van der Waals surface area (Å²) in [7, 11) is 0. The van der Waals surface area contributed by atoms with E-state index in [9.17, 15) is 4.79 Å². The molecule has 0 spiro atoms. The summed E-state index contributed by atoms with van der Waals surface area (Å²) >= 11 is 5.90. The molecule has 0 aliphatic carbocycles. The summed E-state index contributed by atoms with van der Waals surface area (Å²) < 4.78 is 7.13. The molecular weight excluding hydrogens is 276 g/mol. The Kier molecular flexibility index (Phi) is 5.56. The lowest BCUT2D eigenvalue weighted by molar-refractivity contribution is 0.122. The van der Waals surface area contributed by atoms with Crippen molar-refractivity contribution in [3.05, 3.63) is 40.4 Å². The van der Waals surface area contributed by atoms with Gasteiger partial charge in [-0.2, -0.15) is 0 Å². The Morgan fingerprint density at radius 1 is 1.30 bits per heavy atom. The average Bonchev–Trinajstić information content (AvgIpc) is 2.48. The third kappa shape index (κ3) is 3.38. The first-order chi connectivity index (χ1) is 9.77. The number of benzene rings is 1. The van der Waals surface area contributed by atoms with Gasteiger partial charge in [0, 0.05) is 6.61 Å². The van der Waals surface area contributed by atoms with Gasteiger partial charge in [0.1, 0.15) is 5.82 Å². The number of rotatable bonds is 7. The van der Waals surface area contributed by atoms with Crippen molar-refractivity contribution in [3.8, 4) is 0 Å². The highest BCUT2D eigenvalue weighted by atomic mass is 35.5. The summed E-state index contributed by atoms with van der Waals surface area (Å²) in [6.45, 7) is 3.83. The van der Waals surface area contributed by atoms with E-state index < -0.39 is 0 Å². The molecule has 20 heavy (non-hydrogen) atoms. The van der Waals surface area contributed by atoms with E-state index in [2.05, 4.69) is 11.9 Å². The molecule has 2 aromatic rings. The van der Waals surface area contributed by atoms with E-state index in [1.165, 1.54) is 0 Å². The molecule has 0 fully saturated rings. The van der Waals surface area contributed by atoms with Crippen LogP contribution in [0.2, 0.25) is 0 Å². The number of para-hydroxylation sites is 1. The highest BCUT2D eigenvalue weighted by molar-refractivity contribution is 6.16. The van der Waals surface area contributed by atoms with Crippen molar-refractivity contribution < 1.29 is 4.74 Å². The minimum absolute atomic E-state index is 0.0506. The molecule has 1 aromatic heterocycles. The van der Waals surface area contributed by atoms with Crippen molar-refractivity contribution in [3.63, 3.8) is 0 Å². The lowest BCUT2D eigenvalue weighted by Gasteiger charge is -2.12. The second-order valence-corrected chi connectivity index (χ2v) is 4.87. The lowest BCUT2D eigenvalue weighted by atomic mass is 10.2. The van der Waals surface area contributed by atoms with Gasteiger partial charge in [0.2, 0.25) is 0 Å². The van der Waals surface area contributed by atoms with E-state index in [1.54, 1.807) is 10.6 Å². The summed E-state index contributed by atoms with van der Waals surface area (Å²) in [5, 5.41) is 0.620. The maximum atomic E-state index is 12.4. The molecule has 0 saturated heterocycles. The van der Waals surface area contributed by atoms with Gasteiger partial charge in [0.05, 0.1) is 29.9 Å². The highest BCUT2D eigenvalue weighted by Crippen LogP contribution is 2.09. The number of halogens is 1. The topological polar surface area (TPSA) is 44.1 Å². The van der Waals surface area contributed by atoms with Gasteiger partial charge in [-0.1, -0.05) is 25.5 Å². The van der Waals surface area contributed by atoms with Gasteiger partial charge in [-0.25, -0.2) is 4.98 Å². The van der Waals surface area contributed by atoms with Gasteiger partial charge in [-0.15, -0.1) is 11.6 Å². The van der Waals surface area contributed by atoms with Gasteiger partial charge in [0.25, 0.3) is 5.56 Å². The zero-order valence-electron chi connectivity index (χ0n) is 11.6. The number of alkyl halides is 1. The Hall–Kier alpha value is -1.39. The zero-order valence-corrected chi connectivity index (χ0v) is 12.4. The molecule has 108 valence electrons. The Labute approximate surface area is 123 Å². The zero-order chi connectivity index (χ0) is 14.4. The van der Waals surface area contributed by atoms with Gasteiger partial charge in [0.15, 0.2) is 0 Å². The van der Waals surface area contributed by atoms with Crippen molar-refractivity contribution in [2.24, 2.45) is 0 Å². The van der Waals surface area contributed by atoms with E-state index in [4.69, 9.17) is 16.3 Å². The minimum Gasteiger partial charge on any atom is -0.380 e. The van der Waals surface area contributed by atoms with Gasteiger partial charge >= 0.3 is 0 Å².